The number of amides is 1. The predicted molar refractivity (Wildman–Crippen MR) is 115 cm³/mol. The average molecular weight is 412 g/mol. The molecule has 8 nitrogen and oxygen atoms in total. The molecule has 2 fully saturated rings. The molecule has 0 aliphatic carbocycles. The van der Waals surface area contributed by atoms with Gasteiger partial charge in [-0.2, -0.15) is 0 Å². The summed E-state index contributed by atoms with van der Waals surface area (Å²) in [4.78, 5) is 19.6. The van der Waals surface area contributed by atoms with Crippen molar-refractivity contribution in [3.63, 3.8) is 0 Å². The van der Waals surface area contributed by atoms with E-state index in [4.69, 9.17) is 9.47 Å². The van der Waals surface area contributed by atoms with E-state index in [0.29, 0.717) is 5.88 Å². The van der Waals surface area contributed by atoms with E-state index < -0.39 is 0 Å². The van der Waals surface area contributed by atoms with E-state index >= 15 is 0 Å². The van der Waals surface area contributed by atoms with Crippen molar-refractivity contribution in [2.45, 2.75) is 12.8 Å². The van der Waals surface area contributed by atoms with Crippen molar-refractivity contribution in [1.82, 2.24) is 15.1 Å². The van der Waals surface area contributed by atoms with Crippen LogP contribution >= 0.6 is 0 Å². The van der Waals surface area contributed by atoms with Gasteiger partial charge in [0, 0.05) is 51.3 Å². The topological polar surface area (TPSA) is 71.0 Å². The van der Waals surface area contributed by atoms with Crippen LogP contribution in [0.3, 0.4) is 0 Å². The van der Waals surface area contributed by atoms with Gasteiger partial charge < -0.3 is 24.2 Å². The fourth-order valence-electron chi connectivity index (χ4n) is 4.26. The highest BCUT2D eigenvalue weighted by molar-refractivity contribution is 5.79. The highest BCUT2D eigenvalue weighted by atomic mass is 16.5. The number of para-hydroxylation sites is 2. The maximum Gasteiger partial charge on any atom is 0.233 e. The molecule has 160 valence electrons. The van der Waals surface area contributed by atoms with Crippen LogP contribution in [0.2, 0.25) is 0 Å². The minimum Gasteiger partial charge on any atom is -0.495 e. The summed E-state index contributed by atoms with van der Waals surface area (Å²) >= 11 is 0. The molecule has 0 N–H and O–H groups in total. The van der Waals surface area contributed by atoms with Gasteiger partial charge >= 0.3 is 0 Å². The van der Waals surface area contributed by atoms with Crippen LogP contribution in [0.25, 0.3) is 0 Å². The Hall–Kier alpha value is -3.03. The number of hydrogen-bond acceptors (Lipinski definition) is 7. The zero-order valence-corrected chi connectivity index (χ0v) is 17.7. The maximum absolute atomic E-state index is 13.1. The van der Waals surface area contributed by atoms with Crippen molar-refractivity contribution in [2.24, 2.45) is 5.92 Å². The number of carbonyl (C=O) groups excluding carboxylic acids is 1. The molecule has 0 bridgehead atoms. The monoisotopic (exact) mass is 411 g/mol. The van der Waals surface area contributed by atoms with Crippen molar-refractivity contribution in [3.05, 3.63) is 36.4 Å². The molecule has 2 saturated heterocycles. The van der Waals surface area contributed by atoms with E-state index in [1.807, 2.05) is 35.2 Å². The minimum atomic E-state index is 0.0882. The van der Waals surface area contributed by atoms with Gasteiger partial charge in [0.2, 0.25) is 11.8 Å². The number of nitrogens with zero attached hydrogens (tertiary/aromatic N) is 5. The third-order valence-corrected chi connectivity index (χ3v) is 6.02. The molecule has 2 aliphatic heterocycles. The van der Waals surface area contributed by atoms with Gasteiger partial charge in [-0.25, -0.2) is 0 Å². The second kappa shape index (κ2) is 9.19. The van der Waals surface area contributed by atoms with Gasteiger partial charge in [-0.1, -0.05) is 12.1 Å². The Morgan fingerprint density at radius 3 is 2.23 bits per heavy atom. The lowest BCUT2D eigenvalue weighted by molar-refractivity contribution is -0.136. The highest BCUT2D eigenvalue weighted by Crippen LogP contribution is 2.29. The summed E-state index contributed by atoms with van der Waals surface area (Å²) in [7, 11) is 3.28. The van der Waals surface area contributed by atoms with Gasteiger partial charge in [0.25, 0.3) is 0 Å². The van der Waals surface area contributed by atoms with Gasteiger partial charge in [-0.05, 0) is 31.0 Å². The first-order valence-corrected chi connectivity index (χ1v) is 10.5. The molecule has 2 aromatic rings. The Balaban J connectivity index is 1.29. The molecule has 4 rings (SSSR count). The van der Waals surface area contributed by atoms with E-state index in [1.165, 1.54) is 0 Å². The minimum absolute atomic E-state index is 0.0882. The lowest BCUT2D eigenvalue weighted by Crippen LogP contribution is -2.51. The normalized spacial score (nSPS) is 17.7. The predicted octanol–water partition coefficient (Wildman–Crippen LogP) is 2.06. The summed E-state index contributed by atoms with van der Waals surface area (Å²) in [5.41, 5.74) is 1.10. The Morgan fingerprint density at radius 1 is 0.867 bits per heavy atom. The number of piperidine rings is 1. The van der Waals surface area contributed by atoms with Crippen molar-refractivity contribution in [3.8, 4) is 11.6 Å². The summed E-state index contributed by atoms with van der Waals surface area (Å²) in [6, 6.07) is 11.8. The number of hydrogen-bond donors (Lipinski definition) is 0. The first-order valence-electron chi connectivity index (χ1n) is 10.5. The maximum atomic E-state index is 13.1. The number of ether oxygens (including phenoxy) is 2. The number of carbonyl (C=O) groups is 1. The summed E-state index contributed by atoms with van der Waals surface area (Å²) in [6.45, 7) is 4.79. The SMILES string of the molecule is COc1ccc(N2CCC(C(=O)N3CCN(c4ccccc4OC)CC3)CC2)nn1. The quantitative estimate of drug-likeness (QED) is 0.746. The molecule has 8 heteroatoms. The van der Waals surface area contributed by atoms with Crippen LogP contribution < -0.4 is 19.3 Å². The first kappa shape index (κ1) is 20.3. The summed E-state index contributed by atoms with van der Waals surface area (Å²) in [5.74, 6) is 2.61. The zero-order chi connectivity index (χ0) is 20.9. The van der Waals surface area contributed by atoms with Gasteiger partial charge in [0.1, 0.15) is 5.75 Å². The fourth-order valence-corrected chi connectivity index (χ4v) is 4.26. The highest BCUT2D eigenvalue weighted by Gasteiger charge is 2.31. The molecular formula is C22H29N5O3. The van der Waals surface area contributed by atoms with Crippen LogP contribution in [-0.2, 0) is 4.79 Å². The third-order valence-electron chi connectivity index (χ3n) is 6.02. The van der Waals surface area contributed by atoms with Gasteiger partial charge in [-0.3, -0.25) is 4.79 Å². The van der Waals surface area contributed by atoms with Crippen LogP contribution in [-0.4, -0.2) is 74.5 Å². The van der Waals surface area contributed by atoms with Crippen molar-refractivity contribution in [1.29, 1.82) is 0 Å². The molecule has 2 aliphatic rings. The molecule has 1 amide bonds. The summed E-state index contributed by atoms with van der Waals surface area (Å²) < 4.78 is 10.6. The molecule has 0 atom stereocenters. The number of anilines is 2. The lowest BCUT2D eigenvalue weighted by Gasteiger charge is -2.39. The molecular weight excluding hydrogens is 382 g/mol. The number of methoxy groups -OCH3 is 2. The lowest BCUT2D eigenvalue weighted by atomic mass is 9.95. The standard InChI is InChI=1S/C22H29N5O3/c1-29-19-6-4-3-5-18(19)25-13-15-27(16-14-25)22(28)17-9-11-26(12-10-17)20-7-8-21(30-2)24-23-20/h3-8,17H,9-16H2,1-2H3. The summed E-state index contributed by atoms with van der Waals surface area (Å²) in [5, 5.41) is 8.27. The Labute approximate surface area is 177 Å². The van der Waals surface area contributed by atoms with E-state index in [1.54, 1.807) is 14.2 Å². The van der Waals surface area contributed by atoms with Crippen LogP contribution in [0.4, 0.5) is 11.5 Å². The number of aromatic nitrogens is 2. The van der Waals surface area contributed by atoms with E-state index in [2.05, 4.69) is 26.1 Å². The van der Waals surface area contributed by atoms with Crippen LogP contribution in [0, 0.1) is 5.92 Å². The van der Waals surface area contributed by atoms with Gasteiger partial charge in [0.15, 0.2) is 5.82 Å². The first-order chi connectivity index (χ1) is 14.7. The van der Waals surface area contributed by atoms with E-state index in [-0.39, 0.29) is 11.8 Å². The van der Waals surface area contributed by atoms with Gasteiger partial charge in [0.05, 0.1) is 19.9 Å². The zero-order valence-electron chi connectivity index (χ0n) is 17.7. The smallest absolute Gasteiger partial charge is 0.233 e. The number of piperazine rings is 1. The Morgan fingerprint density at radius 2 is 1.60 bits per heavy atom. The van der Waals surface area contributed by atoms with Crippen LogP contribution in [0.15, 0.2) is 36.4 Å². The average Bonchev–Trinajstić information content (AvgIpc) is 2.84. The second-order valence-electron chi connectivity index (χ2n) is 7.68. The molecule has 30 heavy (non-hydrogen) atoms. The Kier molecular flexibility index (Phi) is 6.21. The van der Waals surface area contributed by atoms with Crippen LogP contribution in [0.1, 0.15) is 12.8 Å². The van der Waals surface area contributed by atoms with E-state index in [9.17, 15) is 4.79 Å². The molecule has 1 aromatic carbocycles. The van der Waals surface area contributed by atoms with Crippen LogP contribution in [0.5, 0.6) is 11.6 Å². The molecule has 0 spiro atoms. The van der Waals surface area contributed by atoms with Crippen molar-refractivity contribution >= 4 is 17.4 Å². The number of benzene rings is 1. The molecule has 0 radical (unpaired) electrons. The van der Waals surface area contributed by atoms with E-state index in [0.717, 1.165) is 69.4 Å². The van der Waals surface area contributed by atoms with Crippen molar-refractivity contribution < 1.29 is 14.3 Å². The molecule has 3 heterocycles. The largest absolute Gasteiger partial charge is 0.495 e. The van der Waals surface area contributed by atoms with Gasteiger partial charge in [-0.15, -0.1) is 10.2 Å². The molecule has 0 unspecified atom stereocenters. The Bertz CT molecular complexity index is 844. The second-order valence-corrected chi connectivity index (χ2v) is 7.68. The molecule has 0 saturated carbocycles. The third kappa shape index (κ3) is 4.27. The fraction of sp³-hybridized carbons (Fsp3) is 0.500. The molecule has 1 aromatic heterocycles. The van der Waals surface area contributed by atoms with Crippen molar-refractivity contribution in [2.75, 3.05) is 63.3 Å². The summed E-state index contributed by atoms with van der Waals surface area (Å²) in [6.07, 6.45) is 1.69. The number of rotatable bonds is 5.